The Morgan fingerprint density at radius 3 is 2.66 bits per heavy atom. The number of likely N-dealkylation sites (tertiary alicyclic amines) is 1. The van der Waals surface area contributed by atoms with Crippen molar-refractivity contribution >= 4 is 17.8 Å². The van der Waals surface area contributed by atoms with Gasteiger partial charge in [-0.3, -0.25) is 14.4 Å². The van der Waals surface area contributed by atoms with E-state index in [9.17, 15) is 14.4 Å². The van der Waals surface area contributed by atoms with Crippen LogP contribution in [0.15, 0.2) is 18.2 Å². The van der Waals surface area contributed by atoms with Gasteiger partial charge in [0, 0.05) is 36.1 Å². The molecule has 172 valence electrons. The minimum Gasteiger partial charge on any atom is -0.497 e. The van der Waals surface area contributed by atoms with Crippen molar-refractivity contribution in [1.82, 2.24) is 10.2 Å². The Bertz CT molecular complexity index is 967. The number of amides is 2. The van der Waals surface area contributed by atoms with E-state index in [4.69, 9.17) is 9.47 Å². The highest BCUT2D eigenvalue weighted by Crippen LogP contribution is 2.63. The molecular formula is C25H32N2O5. The molecule has 0 unspecified atom stereocenters. The first kappa shape index (κ1) is 21.3. The predicted octanol–water partition coefficient (Wildman–Crippen LogP) is 2.95. The van der Waals surface area contributed by atoms with Gasteiger partial charge in [0.1, 0.15) is 17.0 Å². The van der Waals surface area contributed by atoms with Gasteiger partial charge in [-0.2, -0.15) is 0 Å². The number of piperidine rings is 1. The van der Waals surface area contributed by atoms with Gasteiger partial charge in [-0.15, -0.1) is 0 Å². The Hall–Kier alpha value is -2.57. The Kier molecular flexibility index (Phi) is 4.98. The van der Waals surface area contributed by atoms with E-state index in [1.165, 1.54) is 0 Å². The zero-order valence-corrected chi connectivity index (χ0v) is 19.1. The molecular weight excluding hydrogens is 408 g/mol. The molecule has 1 spiro atoms. The third-order valence-electron chi connectivity index (χ3n) is 8.24. The number of hydrogen-bond donors (Lipinski definition) is 1. The third kappa shape index (κ3) is 2.89. The van der Waals surface area contributed by atoms with Crippen LogP contribution >= 0.6 is 0 Å². The Labute approximate surface area is 188 Å². The van der Waals surface area contributed by atoms with Crippen molar-refractivity contribution in [3.05, 3.63) is 23.8 Å². The van der Waals surface area contributed by atoms with Crippen molar-refractivity contribution in [2.75, 3.05) is 13.7 Å². The lowest BCUT2D eigenvalue weighted by Crippen LogP contribution is -2.72. The van der Waals surface area contributed by atoms with Gasteiger partial charge in [0.25, 0.3) is 0 Å². The van der Waals surface area contributed by atoms with E-state index in [0.29, 0.717) is 37.3 Å². The number of nitrogens with zero attached hydrogens (tertiary/aromatic N) is 1. The molecule has 7 heteroatoms. The van der Waals surface area contributed by atoms with Crippen molar-refractivity contribution in [3.63, 3.8) is 0 Å². The molecule has 0 aromatic heterocycles. The van der Waals surface area contributed by atoms with Crippen LogP contribution in [0.3, 0.4) is 0 Å². The van der Waals surface area contributed by atoms with Crippen LogP contribution in [0.4, 0.5) is 0 Å². The molecule has 2 saturated carbocycles. The molecule has 0 bridgehead atoms. The average Bonchev–Trinajstić information content (AvgIpc) is 2.75. The van der Waals surface area contributed by atoms with E-state index in [1.54, 1.807) is 13.2 Å². The Balaban J connectivity index is 1.50. The van der Waals surface area contributed by atoms with Crippen LogP contribution in [-0.4, -0.2) is 47.9 Å². The maximum absolute atomic E-state index is 13.7. The zero-order valence-electron chi connectivity index (χ0n) is 19.1. The van der Waals surface area contributed by atoms with Gasteiger partial charge in [-0.1, -0.05) is 25.3 Å². The lowest BCUT2D eigenvalue weighted by Gasteiger charge is -2.63. The molecule has 3 atom stereocenters. The second-order valence-electron chi connectivity index (χ2n) is 10.2. The summed E-state index contributed by atoms with van der Waals surface area (Å²) < 4.78 is 10.9. The SMILES string of the molecule is COc1ccc2c(c1)OC(=O)[C@H]1C[C@@H]3CN(C4(C(=O)NC(C)C)CCCCC4)C(=O)C[C@@]231. The number of carbonyl (C=O) groups is 3. The predicted molar refractivity (Wildman–Crippen MR) is 117 cm³/mol. The maximum Gasteiger partial charge on any atom is 0.315 e. The molecule has 1 aromatic rings. The normalized spacial score (nSPS) is 30.4. The first-order valence-electron chi connectivity index (χ1n) is 11.8. The molecule has 32 heavy (non-hydrogen) atoms. The van der Waals surface area contributed by atoms with Crippen LogP contribution in [0, 0.1) is 11.8 Å². The molecule has 2 aliphatic carbocycles. The molecule has 5 rings (SSSR count). The Morgan fingerprint density at radius 2 is 1.97 bits per heavy atom. The second-order valence-corrected chi connectivity index (χ2v) is 10.2. The molecule has 2 amide bonds. The van der Waals surface area contributed by atoms with Crippen molar-refractivity contribution in [2.24, 2.45) is 11.8 Å². The topological polar surface area (TPSA) is 84.9 Å². The van der Waals surface area contributed by atoms with E-state index >= 15 is 0 Å². The molecule has 2 aliphatic heterocycles. The largest absolute Gasteiger partial charge is 0.497 e. The number of rotatable bonds is 4. The van der Waals surface area contributed by atoms with Gasteiger partial charge < -0.3 is 19.7 Å². The summed E-state index contributed by atoms with van der Waals surface area (Å²) >= 11 is 0. The minimum atomic E-state index is -0.774. The Morgan fingerprint density at radius 1 is 1.22 bits per heavy atom. The molecule has 3 fully saturated rings. The first-order chi connectivity index (χ1) is 15.3. The number of ether oxygens (including phenoxy) is 2. The molecule has 1 aromatic carbocycles. The molecule has 1 saturated heterocycles. The van der Waals surface area contributed by atoms with E-state index < -0.39 is 11.0 Å². The number of benzene rings is 1. The summed E-state index contributed by atoms with van der Waals surface area (Å²) in [5.41, 5.74) is -0.379. The number of carbonyl (C=O) groups excluding carboxylic acids is 3. The van der Waals surface area contributed by atoms with Crippen molar-refractivity contribution in [3.8, 4) is 11.5 Å². The fourth-order valence-electron chi connectivity index (χ4n) is 6.66. The summed E-state index contributed by atoms with van der Waals surface area (Å²) in [6.07, 6.45) is 5.33. The summed E-state index contributed by atoms with van der Waals surface area (Å²) in [4.78, 5) is 41.8. The maximum atomic E-state index is 13.7. The van der Waals surface area contributed by atoms with E-state index in [2.05, 4.69) is 5.32 Å². The van der Waals surface area contributed by atoms with Crippen LogP contribution in [0.1, 0.15) is 64.4 Å². The van der Waals surface area contributed by atoms with Crippen LogP contribution in [0.5, 0.6) is 11.5 Å². The highest BCUT2D eigenvalue weighted by atomic mass is 16.5. The average molecular weight is 441 g/mol. The fourth-order valence-corrected chi connectivity index (χ4v) is 6.66. The molecule has 2 heterocycles. The standard InChI is InChI=1S/C25H32N2O5/c1-15(2)26-23(30)24(9-5-4-6-10-24)27-14-16-11-19-22(29)32-20-12-17(31-3)7-8-18(20)25(16,19)13-21(27)28/h7-8,12,15-16,19H,4-6,9-11,13-14H2,1-3H3,(H,26,30)/t16-,19-,25+/m1/s1. The highest BCUT2D eigenvalue weighted by molar-refractivity contribution is 5.94. The second kappa shape index (κ2) is 7.49. The molecule has 7 nitrogen and oxygen atoms in total. The monoisotopic (exact) mass is 440 g/mol. The smallest absolute Gasteiger partial charge is 0.315 e. The number of methoxy groups -OCH3 is 1. The summed E-state index contributed by atoms with van der Waals surface area (Å²) in [7, 11) is 1.58. The first-order valence-corrected chi connectivity index (χ1v) is 11.8. The van der Waals surface area contributed by atoms with E-state index in [0.717, 1.165) is 24.8 Å². The fraction of sp³-hybridized carbons (Fsp3) is 0.640. The van der Waals surface area contributed by atoms with Crippen molar-refractivity contribution in [1.29, 1.82) is 0 Å². The minimum absolute atomic E-state index is 0.0237. The van der Waals surface area contributed by atoms with Gasteiger partial charge in [-0.25, -0.2) is 0 Å². The van der Waals surface area contributed by atoms with Crippen LogP contribution in [0.25, 0.3) is 0 Å². The van der Waals surface area contributed by atoms with Gasteiger partial charge >= 0.3 is 5.97 Å². The number of nitrogens with one attached hydrogen (secondary N) is 1. The molecule has 1 N–H and O–H groups in total. The zero-order chi connectivity index (χ0) is 22.7. The summed E-state index contributed by atoms with van der Waals surface area (Å²) in [6.45, 7) is 4.42. The van der Waals surface area contributed by atoms with E-state index in [1.807, 2.05) is 30.9 Å². The number of hydrogen-bond acceptors (Lipinski definition) is 5. The van der Waals surface area contributed by atoms with Gasteiger partial charge in [0.2, 0.25) is 11.8 Å². The summed E-state index contributed by atoms with van der Waals surface area (Å²) in [6, 6.07) is 5.58. The van der Waals surface area contributed by atoms with Gasteiger partial charge in [0.15, 0.2) is 0 Å². The van der Waals surface area contributed by atoms with Gasteiger partial charge in [0.05, 0.1) is 13.0 Å². The van der Waals surface area contributed by atoms with Gasteiger partial charge in [-0.05, 0) is 45.1 Å². The summed E-state index contributed by atoms with van der Waals surface area (Å²) in [5.74, 6) is 0.651. The van der Waals surface area contributed by atoms with Crippen molar-refractivity contribution in [2.45, 2.75) is 75.8 Å². The molecule has 4 aliphatic rings. The number of fused-ring (bicyclic) bond motifs is 1. The van der Waals surface area contributed by atoms with Crippen LogP contribution < -0.4 is 14.8 Å². The van der Waals surface area contributed by atoms with Crippen LogP contribution in [-0.2, 0) is 19.8 Å². The van der Waals surface area contributed by atoms with Crippen molar-refractivity contribution < 1.29 is 23.9 Å². The summed E-state index contributed by atoms with van der Waals surface area (Å²) in [5, 5.41) is 3.08. The lowest BCUT2D eigenvalue weighted by molar-refractivity contribution is -0.177. The lowest BCUT2D eigenvalue weighted by atomic mass is 9.46. The third-order valence-corrected chi connectivity index (χ3v) is 8.24. The molecule has 0 radical (unpaired) electrons. The quantitative estimate of drug-likeness (QED) is 0.575. The highest BCUT2D eigenvalue weighted by Gasteiger charge is 2.67. The van der Waals surface area contributed by atoms with E-state index in [-0.39, 0.29) is 42.1 Å². The van der Waals surface area contributed by atoms with Crippen LogP contribution in [0.2, 0.25) is 0 Å². The number of esters is 1.